The fourth-order valence-electron chi connectivity index (χ4n) is 2.74. The van der Waals surface area contributed by atoms with Crippen LogP contribution in [0.4, 0.5) is 0 Å². The van der Waals surface area contributed by atoms with Crippen LogP contribution in [0, 0.1) is 0 Å². The Kier molecular flexibility index (Phi) is 4.03. The molecule has 0 amide bonds. The first-order valence-electron chi connectivity index (χ1n) is 7.14. The van der Waals surface area contributed by atoms with Crippen LogP contribution in [0.15, 0.2) is 33.7 Å². The number of carboxylic acids is 1. The molecule has 1 N–H and O–H groups in total. The quantitative estimate of drug-likeness (QED) is 0.883. The van der Waals surface area contributed by atoms with E-state index in [1.54, 1.807) is 22.8 Å². The van der Waals surface area contributed by atoms with E-state index in [0.717, 1.165) is 4.47 Å². The minimum Gasteiger partial charge on any atom is -0.477 e. The number of aromatic carboxylic acids is 1. The molecule has 7 heteroatoms. The van der Waals surface area contributed by atoms with Gasteiger partial charge in [0.1, 0.15) is 11.7 Å². The van der Waals surface area contributed by atoms with Gasteiger partial charge < -0.3 is 19.1 Å². The summed E-state index contributed by atoms with van der Waals surface area (Å²) >= 11 is 3.38. The topological polar surface area (TPSA) is 77.8 Å². The molecule has 6 nitrogen and oxygen atoms in total. The van der Waals surface area contributed by atoms with Gasteiger partial charge in [0, 0.05) is 16.1 Å². The van der Waals surface area contributed by atoms with Crippen LogP contribution < -0.4 is 5.43 Å². The molecule has 1 atom stereocenters. The number of aromatic nitrogens is 1. The minimum absolute atomic E-state index is 0.212. The third-order valence-electron chi connectivity index (χ3n) is 3.74. The minimum atomic E-state index is -1.24. The molecule has 1 saturated heterocycles. The largest absolute Gasteiger partial charge is 0.477 e. The summed E-state index contributed by atoms with van der Waals surface area (Å²) in [6.07, 6.45) is 1.16. The lowest BCUT2D eigenvalue weighted by atomic mass is 10.1. The third kappa shape index (κ3) is 3.17. The van der Waals surface area contributed by atoms with Gasteiger partial charge in [-0.15, -0.1) is 0 Å². The number of halogens is 1. The molecule has 1 aromatic heterocycles. The number of rotatable bonds is 3. The highest BCUT2D eigenvalue weighted by atomic mass is 79.9. The Labute approximate surface area is 140 Å². The first kappa shape index (κ1) is 16.2. The number of ether oxygens (including phenoxy) is 2. The molecule has 3 rings (SSSR count). The van der Waals surface area contributed by atoms with Gasteiger partial charge in [0.25, 0.3) is 0 Å². The van der Waals surface area contributed by atoms with E-state index in [4.69, 9.17) is 9.47 Å². The van der Waals surface area contributed by atoms with Gasteiger partial charge in [-0.2, -0.15) is 0 Å². The monoisotopic (exact) mass is 381 g/mol. The highest BCUT2D eigenvalue weighted by Gasteiger charge is 2.33. The lowest BCUT2D eigenvalue weighted by molar-refractivity contribution is -0.139. The van der Waals surface area contributed by atoms with E-state index in [1.807, 2.05) is 13.8 Å². The summed E-state index contributed by atoms with van der Waals surface area (Å²) < 4.78 is 13.9. The third-order valence-corrected chi connectivity index (χ3v) is 4.23. The van der Waals surface area contributed by atoms with Crippen molar-refractivity contribution in [3.63, 3.8) is 0 Å². The lowest BCUT2D eigenvalue weighted by Crippen LogP contribution is -2.26. The van der Waals surface area contributed by atoms with Crippen LogP contribution in [-0.4, -0.2) is 34.1 Å². The lowest BCUT2D eigenvalue weighted by Gasteiger charge is -2.19. The summed E-state index contributed by atoms with van der Waals surface area (Å²) in [5, 5.41) is 9.64. The summed E-state index contributed by atoms with van der Waals surface area (Å²) in [6, 6.07) is 5.14. The number of pyridine rings is 1. The standard InChI is InChI=1S/C16H16BrNO5/c1-16(2)22-8-10(23-16)6-18-7-12(15(20)21)14(19)11-4-3-9(17)5-13(11)18/h3-5,7,10H,6,8H2,1-2H3,(H,20,21). The van der Waals surface area contributed by atoms with E-state index in [-0.39, 0.29) is 11.7 Å². The molecular formula is C16H16BrNO5. The normalized spacial score (nSPS) is 20.0. The Morgan fingerprint density at radius 3 is 2.83 bits per heavy atom. The van der Waals surface area contributed by atoms with Crippen LogP contribution in [0.5, 0.6) is 0 Å². The van der Waals surface area contributed by atoms with Crippen LogP contribution in [0.1, 0.15) is 24.2 Å². The Morgan fingerprint density at radius 1 is 1.48 bits per heavy atom. The number of fused-ring (bicyclic) bond motifs is 1. The fraction of sp³-hybridized carbons (Fsp3) is 0.375. The van der Waals surface area contributed by atoms with Crippen molar-refractivity contribution in [2.45, 2.75) is 32.3 Å². The van der Waals surface area contributed by atoms with Gasteiger partial charge in [-0.3, -0.25) is 4.79 Å². The van der Waals surface area contributed by atoms with Crippen molar-refractivity contribution >= 4 is 32.8 Å². The molecular weight excluding hydrogens is 366 g/mol. The Bertz CT molecular complexity index is 842. The second kappa shape index (κ2) is 5.74. The van der Waals surface area contributed by atoms with Gasteiger partial charge in [0.2, 0.25) is 5.43 Å². The SMILES string of the molecule is CC1(C)OCC(Cn2cc(C(=O)O)c(=O)c3ccc(Br)cc32)O1. The first-order chi connectivity index (χ1) is 10.8. The summed E-state index contributed by atoms with van der Waals surface area (Å²) in [7, 11) is 0. The second-order valence-electron chi connectivity index (χ2n) is 5.94. The number of benzene rings is 1. The van der Waals surface area contributed by atoms with Gasteiger partial charge in [-0.1, -0.05) is 15.9 Å². The zero-order valence-corrected chi connectivity index (χ0v) is 14.3. The van der Waals surface area contributed by atoms with Gasteiger partial charge in [0.15, 0.2) is 5.79 Å². The number of nitrogens with zero attached hydrogens (tertiary/aromatic N) is 1. The van der Waals surface area contributed by atoms with Crippen LogP contribution in [0.25, 0.3) is 10.9 Å². The van der Waals surface area contributed by atoms with Crippen molar-refractivity contribution in [2.75, 3.05) is 6.61 Å². The van der Waals surface area contributed by atoms with E-state index < -0.39 is 17.2 Å². The van der Waals surface area contributed by atoms with Gasteiger partial charge in [0.05, 0.1) is 18.7 Å². The molecule has 122 valence electrons. The molecule has 0 saturated carbocycles. The number of hydrogen-bond donors (Lipinski definition) is 1. The Morgan fingerprint density at radius 2 is 2.22 bits per heavy atom. The molecule has 1 fully saturated rings. The zero-order chi connectivity index (χ0) is 16.8. The molecule has 2 aromatic rings. The molecule has 1 unspecified atom stereocenters. The predicted molar refractivity (Wildman–Crippen MR) is 87.8 cm³/mol. The summed E-state index contributed by atoms with van der Waals surface area (Å²) in [6.45, 7) is 4.47. The Balaban J connectivity index is 2.11. The molecule has 0 bridgehead atoms. The van der Waals surface area contributed by atoms with Gasteiger partial charge in [-0.05, 0) is 32.0 Å². The Hall–Kier alpha value is -1.70. The molecule has 0 aliphatic carbocycles. The van der Waals surface area contributed by atoms with Crippen molar-refractivity contribution < 1.29 is 19.4 Å². The van der Waals surface area contributed by atoms with E-state index in [2.05, 4.69) is 15.9 Å². The maximum Gasteiger partial charge on any atom is 0.341 e. The van der Waals surface area contributed by atoms with E-state index in [0.29, 0.717) is 24.1 Å². The van der Waals surface area contributed by atoms with Crippen molar-refractivity contribution in [2.24, 2.45) is 0 Å². The molecule has 0 radical (unpaired) electrons. The maximum absolute atomic E-state index is 12.3. The molecule has 1 aliphatic rings. The van der Waals surface area contributed by atoms with Crippen molar-refractivity contribution in [1.82, 2.24) is 4.57 Å². The van der Waals surface area contributed by atoms with Crippen molar-refractivity contribution in [1.29, 1.82) is 0 Å². The van der Waals surface area contributed by atoms with Crippen LogP contribution in [-0.2, 0) is 16.0 Å². The van der Waals surface area contributed by atoms with E-state index in [9.17, 15) is 14.7 Å². The molecule has 1 aliphatic heterocycles. The van der Waals surface area contributed by atoms with Crippen molar-refractivity contribution in [3.05, 3.63) is 44.7 Å². The van der Waals surface area contributed by atoms with Crippen LogP contribution >= 0.6 is 15.9 Å². The zero-order valence-electron chi connectivity index (χ0n) is 12.7. The summed E-state index contributed by atoms with van der Waals surface area (Å²) in [4.78, 5) is 23.7. The average molecular weight is 382 g/mol. The number of hydrogen-bond acceptors (Lipinski definition) is 4. The van der Waals surface area contributed by atoms with E-state index >= 15 is 0 Å². The number of carbonyl (C=O) groups is 1. The molecule has 23 heavy (non-hydrogen) atoms. The predicted octanol–water partition coefficient (Wildman–Crippen LogP) is 2.61. The highest BCUT2D eigenvalue weighted by Crippen LogP contribution is 2.25. The van der Waals surface area contributed by atoms with E-state index in [1.165, 1.54) is 6.20 Å². The second-order valence-corrected chi connectivity index (χ2v) is 6.86. The fourth-order valence-corrected chi connectivity index (χ4v) is 3.09. The summed E-state index contributed by atoms with van der Waals surface area (Å²) in [5.41, 5.74) is -0.0825. The van der Waals surface area contributed by atoms with Crippen molar-refractivity contribution in [3.8, 4) is 0 Å². The molecule has 2 heterocycles. The first-order valence-corrected chi connectivity index (χ1v) is 7.94. The smallest absolute Gasteiger partial charge is 0.341 e. The van der Waals surface area contributed by atoms with Gasteiger partial charge in [-0.25, -0.2) is 4.79 Å². The number of carboxylic acid groups (broad SMARTS) is 1. The maximum atomic E-state index is 12.3. The van der Waals surface area contributed by atoms with Crippen LogP contribution in [0.3, 0.4) is 0 Å². The molecule has 0 spiro atoms. The highest BCUT2D eigenvalue weighted by molar-refractivity contribution is 9.10. The van der Waals surface area contributed by atoms with Crippen LogP contribution in [0.2, 0.25) is 0 Å². The summed E-state index contributed by atoms with van der Waals surface area (Å²) in [5.74, 6) is -1.90. The molecule has 1 aromatic carbocycles. The van der Waals surface area contributed by atoms with Gasteiger partial charge >= 0.3 is 5.97 Å². The average Bonchev–Trinajstić information content (AvgIpc) is 2.80.